The number of hydrogen-bond donors (Lipinski definition) is 1. The van der Waals surface area contributed by atoms with Gasteiger partial charge in [-0.25, -0.2) is 18.2 Å². The van der Waals surface area contributed by atoms with Crippen molar-refractivity contribution in [1.82, 2.24) is 23.9 Å². The van der Waals surface area contributed by atoms with Crippen LogP contribution in [0.4, 0.5) is 5.69 Å². The summed E-state index contributed by atoms with van der Waals surface area (Å²) in [5.41, 5.74) is 1.54. The van der Waals surface area contributed by atoms with Crippen LogP contribution in [-0.4, -0.2) is 59.1 Å². The van der Waals surface area contributed by atoms with Gasteiger partial charge in [0.25, 0.3) is 10.0 Å². The molecule has 4 rings (SSSR count). The van der Waals surface area contributed by atoms with Crippen LogP contribution in [0.5, 0.6) is 0 Å². The molecule has 1 amide bonds. The third-order valence-corrected chi connectivity index (χ3v) is 7.03. The molecule has 11 nitrogen and oxygen atoms in total. The fourth-order valence-corrected chi connectivity index (χ4v) is 4.92. The zero-order valence-electron chi connectivity index (χ0n) is 17.8. The highest BCUT2D eigenvalue weighted by molar-refractivity contribution is 7.89. The Morgan fingerprint density at radius 3 is 2.41 bits per heavy atom. The van der Waals surface area contributed by atoms with Crippen LogP contribution in [-0.2, 0) is 28.5 Å². The molecule has 3 aromatic rings. The number of carbonyl (C=O) groups is 1. The van der Waals surface area contributed by atoms with Gasteiger partial charge < -0.3 is 19.3 Å². The molecule has 0 aliphatic carbocycles. The molecule has 0 saturated carbocycles. The van der Waals surface area contributed by atoms with E-state index in [0.717, 1.165) is 5.69 Å². The molecule has 1 fully saturated rings. The predicted octanol–water partition coefficient (Wildman–Crippen LogP) is 0.446. The average Bonchev–Trinajstić information content (AvgIpc) is 3.38. The van der Waals surface area contributed by atoms with Crippen molar-refractivity contribution in [1.29, 1.82) is 0 Å². The minimum Gasteiger partial charge on any atom is -0.369 e. The number of aromatic nitrogens is 3. The lowest BCUT2D eigenvalue weighted by Crippen LogP contribution is -2.48. The van der Waals surface area contributed by atoms with E-state index in [1.807, 2.05) is 24.3 Å². The Bertz CT molecular complexity index is 1270. The molecule has 1 aliphatic heterocycles. The number of carbonyl (C=O) groups excluding carboxylic acids is 1. The molecule has 32 heavy (non-hydrogen) atoms. The van der Waals surface area contributed by atoms with E-state index in [4.69, 9.17) is 4.52 Å². The maximum Gasteiger partial charge on any atom is 0.365 e. The van der Waals surface area contributed by atoms with Crippen LogP contribution in [0.2, 0.25) is 0 Å². The first-order valence-corrected chi connectivity index (χ1v) is 11.5. The van der Waals surface area contributed by atoms with E-state index in [2.05, 4.69) is 15.2 Å². The summed E-state index contributed by atoms with van der Waals surface area (Å²) in [6.07, 6.45) is 4.52. The van der Waals surface area contributed by atoms with Gasteiger partial charge in [0.1, 0.15) is 6.67 Å². The SMILES string of the molecule is CC(=O)NCn1cc(-c2ccc(N3CCN(S(=O)(=O)c4cn(C)cn4)CC3)cc2)c(=O)o1. The first-order valence-electron chi connectivity index (χ1n) is 10.0. The zero-order chi connectivity index (χ0) is 22.9. The van der Waals surface area contributed by atoms with E-state index >= 15 is 0 Å². The van der Waals surface area contributed by atoms with Crippen LogP contribution in [0.3, 0.4) is 0 Å². The first kappa shape index (κ1) is 21.8. The molecule has 1 aliphatic rings. The fraction of sp³-hybridized carbons (Fsp3) is 0.350. The molecule has 0 spiro atoms. The Hall–Kier alpha value is -3.38. The van der Waals surface area contributed by atoms with Gasteiger partial charge in [0.2, 0.25) is 5.91 Å². The van der Waals surface area contributed by atoms with Crippen molar-refractivity contribution in [3.8, 4) is 11.1 Å². The Labute approximate surface area is 184 Å². The second-order valence-corrected chi connectivity index (χ2v) is 9.43. The molecule has 1 saturated heterocycles. The van der Waals surface area contributed by atoms with Crippen LogP contribution in [0, 0.1) is 0 Å². The summed E-state index contributed by atoms with van der Waals surface area (Å²) in [7, 11) is -1.87. The molecule has 2 aromatic heterocycles. The van der Waals surface area contributed by atoms with Crippen molar-refractivity contribution in [3.05, 3.63) is 53.4 Å². The number of piperazine rings is 1. The number of nitrogens with zero attached hydrogens (tertiary/aromatic N) is 5. The van der Waals surface area contributed by atoms with E-state index in [-0.39, 0.29) is 17.6 Å². The summed E-state index contributed by atoms with van der Waals surface area (Å²) < 4.78 is 34.9. The van der Waals surface area contributed by atoms with Crippen LogP contribution >= 0.6 is 0 Å². The molecule has 170 valence electrons. The third-order valence-electron chi connectivity index (χ3n) is 5.24. The molecule has 1 N–H and O–H groups in total. The number of aryl methyl sites for hydroxylation is 1. The van der Waals surface area contributed by atoms with Gasteiger partial charge >= 0.3 is 5.63 Å². The number of anilines is 1. The van der Waals surface area contributed by atoms with Gasteiger partial charge in [0.05, 0.1) is 18.1 Å². The number of hydrogen-bond acceptors (Lipinski definition) is 7. The minimum atomic E-state index is -3.60. The van der Waals surface area contributed by atoms with Crippen molar-refractivity contribution in [3.63, 3.8) is 0 Å². The summed E-state index contributed by atoms with van der Waals surface area (Å²) in [6, 6.07) is 7.42. The van der Waals surface area contributed by atoms with Crippen LogP contribution in [0.15, 0.2) is 57.3 Å². The smallest absolute Gasteiger partial charge is 0.365 e. The third kappa shape index (κ3) is 4.46. The van der Waals surface area contributed by atoms with Gasteiger partial charge in [0, 0.05) is 52.0 Å². The quantitative estimate of drug-likeness (QED) is 0.566. The summed E-state index contributed by atoms with van der Waals surface area (Å²) >= 11 is 0. The molecule has 3 heterocycles. The van der Waals surface area contributed by atoms with Crippen LogP contribution < -0.4 is 15.8 Å². The molecule has 0 bridgehead atoms. The number of benzene rings is 1. The molecule has 0 radical (unpaired) electrons. The van der Waals surface area contributed by atoms with Crippen molar-refractivity contribution >= 4 is 21.6 Å². The Kier molecular flexibility index (Phi) is 5.89. The summed E-state index contributed by atoms with van der Waals surface area (Å²) in [5, 5.41) is 2.62. The van der Waals surface area contributed by atoms with E-state index in [9.17, 15) is 18.0 Å². The lowest BCUT2D eigenvalue weighted by Gasteiger charge is -2.35. The second-order valence-electron chi connectivity index (χ2n) is 7.55. The topological polar surface area (TPSA) is 123 Å². The minimum absolute atomic E-state index is 0.0575. The Balaban J connectivity index is 1.41. The highest BCUT2D eigenvalue weighted by atomic mass is 32.2. The van der Waals surface area contributed by atoms with Gasteiger partial charge in [-0.05, 0) is 17.7 Å². The Morgan fingerprint density at radius 1 is 1.12 bits per heavy atom. The van der Waals surface area contributed by atoms with Gasteiger partial charge in [0.15, 0.2) is 5.03 Å². The average molecular weight is 461 g/mol. The van der Waals surface area contributed by atoms with E-state index < -0.39 is 15.6 Å². The maximum atomic E-state index is 12.7. The molecule has 0 unspecified atom stereocenters. The van der Waals surface area contributed by atoms with E-state index in [1.165, 1.54) is 28.5 Å². The molecule has 0 atom stereocenters. The molecule has 12 heteroatoms. The van der Waals surface area contributed by atoms with Gasteiger partial charge in [-0.1, -0.05) is 12.1 Å². The van der Waals surface area contributed by atoms with Crippen molar-refractivity contribution in [2.75, 3.05) is 31.1 Å². The first-order chi connectivity index (χ1) is 15.2. The number of sulfonamides is 1. The monoisotopic (exact) mass is 460 g/mol. The largest absolute Gasteiger partial charge is 0.369 e. The highest BCUT2D eigenvalue weighted by Crippen LogP contribution is 2.24. The Morgan fingerprint density at radius 2 is 1.81 bits per heavy atom. The molecular weight excluding hydrogens is 436 g/mol. The van der Waals surface area contributed by atoms with Gasteiger partial charge in [-0.2, -0.15) is 9.05 Å². The lowest BCUT2D eigenvalue weighted by molar-refractivity contribution is -0.119. The number of nitrogens with one attached hydrogen (secondary N) is 1. The van der Waals surface area contributed by atoms with Crippen LogP contribution in [0.1, 0.15) is 6.92 Å². The summed E-state index contributed by atoms with van der Waals surface area (Å²) in [6.45, 7) is 3.26. The molecular formula is C20H24N6O5S. The second kappa shape index (κ2) is 8.63. The fourth-order valence-electron chi connectivity index (χ4n) is 3.53. The maximum absolute atomic E-state index is 12.7. The normalized spacial score (nSPS) is 15.1. The van der Waals surface area contributed by atoms with Gasteiger partial charge in [-0.3, -0.25) is 4.79 Å². The van der Waals surface area contributed by atoms with Gasteiger partial charge in [-0.15, -0.1) is 0 Å². The zero-order valence-corrected chi connectivity index (χ0v) is 18.6. The lowest BCUT2D eigenvalue weighted by atomic mass is 10.1. The molecule has 1 aromatic carbocycles. The number of rotatable bonds is 6. The van der Waals surface area contributed by atoms with Crippen LogP contribution in [0.25, 0.3) is 11.1 Å². The summed E-state index contributed by atoms with van der Waals surface area (Å²) in [4.78, 5) is 29.2. The summed E-state index contributed by atoms with van der Waals surface area (Å²) in [5.74, 6) is -0.222. The highest BCUT2D eigenvalue weighted by Gasteiger charge is 2.30. The van der Waals surface area contributed by atoms with Crippen molar-refractivity contribution < 1.29 is 17.7 Å². The van der Waals surface area contributed by atoms with Crippen molar-refractivity contribution in [2.24, 2.45) is 7.05 Å². The van der Waals surface area contributed by atoms with E-state index in [1.54, 1.807) is 17.8 Å². The van der Waals surface area contributed by atoms with Crippen molar-refractivity contribution in [2.45, 2.75) is 18.6 Å². The van der Waals surface area contributed by atoms with E-state index in [0.29, 0.717) is 37.3 Å². The predicted molar refractivity (Wildman–Crippen MR) is 116 cm³/mol. The number of amides is 1. The number of imidazole rings is 1. The standard InChI is InChI=1S/C20H24N6O5S/c1-15(27)21-14-25-11-18(20(28)31-25)16-3-5-17(6-4-16)24-7-9-26(10-8-24)32(29,30)19-12-23(2)13-22-19/h3-6,11-13H,7-10,14H2,1-2H3,(H,21,27).